The lowest BCUT2D eigenvalue weighted by atomic mass is 10.0. The van der Waals surface area contributed by atoms with Crippen LogP contribution in [-0.4, -0.2) is 35.7 Å². The predicted molar refractivity (Wildman–Crippen MR) is 101 cm³/mol. The van der Waals surface area contributed by atoms with Gasteiger partial charge in [-0.1, -0.05) is 23.7 Å². The molecule has 0 spiro atoms. The number of ether oxygens (including phenoxy) is 1. The number of aromatic nitrogens is 2. The van der Waals surface area contributed by atoms with Gasteiger partial charge in [0.15, 0.2) is 0 Å². The number of pyridine rings is 1. The van der Waals surface area contributed by atoms with Gasteiger partial charge in [0.25, 0.3) is 0 Å². The molecule has 4 rings (SSSR count). The van der Waals surface area contributed by atoms with Crippen molar-refractivity contribution in [2.75, 3.05) is 31.2 Å². The number of benzene rings is 1. The highest BCUT2D eigenvalue weighted by atomic mass is 35.5. The van der Waals surface area contributed by atoms with Gasteiger partial charge in [0.05, 0.1) is 19.4 Å². The van der Waals surface area contributed by atoms with Crippen LogP contribution in [0.2, 0.25) is 5.02 Å². The van der Waals surface area contributed by atoms with E-state index in [1.54, 1.807) is 0 Å². The zero-order valence-electron chi connectivity index (χ0n) is 14.2. The zero-order valence-corrected chi connectivity index (χ0v) is 15.0. The summed E-state index contributed by atoms with van der Waals surface area (Å²) in [5.41, 5.74) is 11.1. The van der Waals surface area contributed by atoms with E-state index >= 15 is 0 Å². The van der Waals surface area contributed by atoms with Crippen molar-refractivity contribution in [3.05, 3.63) is 52.8 Å². The molecule has 2 N–H and O–H groups in total. The topological polar surface area (TPSA) is 55.8 Å². The molecule has 1 fully saturated rings. The third kappa shape index (κ3) is 2.99. The fourth-order valence-electron chi connectivity index (χ4n) is 3.33. The molecule has 0 unspecified atom stereocenters. The number of nitrogens with zero attached hydrogens (tertiary/aromatic N) is 3. The maximum Gasteiger partial charge on any atom is 0.138 e. The van der Waals surface area contributed by atoms with Crippen LogP contribution in [0.4, 0.5) is 5.82 Å². The van der Waals surface area contributed by atoms with E-state index in [-0.39, 0.29) is 0 Å². The molecule has 6 heteroatoms. The molecular weight excluding hydrogens is 336 g/mol. The smallest absolute Gasteiger partial charge is 0.138 e. The van der Waals surface area contributed by atoms with Gasteiger partial charge in [0.2, 0.25) is 0 Å². The van der Waals surface area contributed by atoms with Crippen molar-refractivity contribution in [2.24, 2.45) is 5.73 Å². The molecule has 0 amide bonds. The molecule has 1 aliphatic rings. The number of nitrogens with two attached hydrogens (primary N) is 1. The average molecular weight is 357 g/mol. The molecule has 1 saturated heterocycles. The molecule has 3 aromatic rings. The second-order valence-electron chi connectivity index (χ2n) is 6.34. The van der Waals surface area contributed by atoms with Crippen LogP contribution in [0.1, 0.15) is 11.1 Å². The van der Waals surface area contributed by atoms with E-state index in [1.807, 2.05) is 19.2 Å². The quantitative estimate of drug-likeness (QED) is 0.782. The number of anilines is 1. The molecule has 130 valence electrons. The summed E-state index contributed by atoms with van der Waals surface area (Å²) in [7, 11) is 0. The monoisotopic (exact) mass is 356 g/mol. The molecule has 0 aliphatic carbocycles. The van der Waals surface area contributed by atoms with Crippen LogP contribution in [-0.2, 0) is 11.3 Å². The van der Waals surface area contributed by atoms with Crippen molar-refractivity contribution in [2.45, 2.75) is 13.5 Å². The van der Waals surface area contributed by atoms with Crippen molar-refractivity contribution in [3.63, 3.8) is 0 Å². The number of morpholine rings is 1. The molecule has 0 bridgehead atoms. The lowest BCUT2D eigenvalue weighted by molar-refractivity contribution is 0.122. The van der Waals surface area contributed by atoms with Crippen molar-refractivity contribution in [3.8, 4) is 11.1 Å². The number of fused-ring (bicyclic) bond motifs is 1. The van der Waals surface area contributed by atoms with Gasteiger partial charge in [-0.25, -0.2) is 4.98 Å². The maximum atomic E-state index is 6.51. The van der Waals surface area contributed by atoms with Gasteiger partial charge in [-0.3, -0.25) is 4.40 Å². The standard InChI is InChI=1S/C19H21ClN4O/c1-13-2-3-15(17(20)8-13)16-12-24-18(9-14(16)10-21)22-11-19(24)23-4-6-25-7-5-23/h2-3,8-9,11-12H,4-7,10,21H2,1H3. The molecule has 0 saturated carbocycles. The Morgan fingerprint density at radius 2 is 2.00 bits per heavy atom. The van der Waals surface area contributed by atoms with E-state index < -0.39 is 0 Å². The highest BCUT2D eigenvalue weighted by Gasteiger charge is 2.17. The largest absolute Gasteiger partial charge is 0.378 e. The number of hydrogen-bond donors (Lipinski definition) is 1. The minimum atomic E-state index is 0.440. The molecule has 0 atom stereocenters. The van der Waals surface area contributed by atoms with Gasteiger partial charge in [0, 0.05) is 42.0 Å². The van der Waals surface area contributed by atoms with Crippen molar-refractivity contribution < 1.29 is 4.74 Å². The molecular formula is C19H21ClN4O. The van der Waals surface area contributed by atoms with E-state index in [9.17, 15) is 0 Å². The Hall–Kier alpha value is -2.08. The Bertz CT molecular complexity index is 915. The van der Waals surface area contributed by atoms with Crippen LogP contribution in [0.25, 0.3) is 16.8 Å². The molecule has 1 aromatic carbocycles. The van der Waals surface area contributed by atoms with Crippen molar-refractivity contribution >= 4 is 23.1 Å². The van der Waals surface area contributed by atoms with Crippen molar-refractivity contribution in [1.82, 2.24) is 9.38 Å². The third-order valence-electron chi connectivity index (χ3n) is 4.68. The van der Waals surface area contributed by atoms with Crippen LogP contribution in [0.5, 0.6) is 0 Å². The van der Waals surface area contributed by atoms with E-state index in [1.165, 1.54) is 0 Å². The Labute approximate surface area is 152 Å². The molecule has 2 aromatic heterocycles. The van der Waals surface area contributed by atoms with Gasteiger partial charge in [-0.05, 0) is 30.2 Å². The second-order valence-corrected chi connectivity index (χ2v) is 6.75. The molecule has 3 heterocycles. The van der Waals surface area contributed by atoms with Gasteiger partial charge >= 0.3 is 0 Å². The fraction of sp³-hybridized carbons (Fsp3) is 0.316. The van der Waals surface area contributed by atoms with Crippen LogP contribution >= 0.6 is 11.6 Å². The summed E-state index contributed by atoms with van der Waals surface area (Å²) in [5, 5.41) is 0.738. The SMILES string of the molecule is Cc1ccc(-c2cn3c(N4CCOCC4)cnc3cc2CN)c(Cl)c1. The fourth-order valence-corrected chi connectivity index (χ4v) is 3.66. The van der Waals surface area contributed by atoms with Crippen LogP contribution in [0, 0.1) is 6.92 Å². The van der Waals surface area contributed by atoms with Gasteiger partial charge in [-0.2, -0.15) is 0 Å². The van der Waals surface area contributed by atoms with Crippen LogP contribution < -0.4 is 10.6 Å². The lowest BCUT2D eigenvalue weighted by Gasteiger charge is -2.28. The van der Waals surface area contributed by atoms with Gasteiger partial charge < -0.3 is 15.4 Å². The molecule has 0 radical (unpaired) electrons. The lowest BCUT2D eigenvalue weighted by Crippen LogP contribution is -2.36. The molecule has 5 nitrogen and oxygen atoms in total. The van der Waals surface area contributed by atoms with E-state index in [0.29, 0.717) is 6.54 Å². The summed E-state index contributed by atoms with van der Waals surface area (Å²) < 4.78 is 7.58. The summed E-state index contributed by atoms with van der Waals surface area (Å²) in [6.45, 7) is 5.69. The zero-order chi connectivity index (χ0) is 17.4. The van der Waals surface area contributed by atoms with E-state index in [0.717, 1.165) is 65.0 Å². The van der Waals surface area contributed by atoms with Gasteiger partial charge in [-0.15, -0.1) is 0 Å². The number of aryl methyl sites for hydroxylation is 1. The Kier molecular flexibility index (Phi) is 4.37. The number of rotatable bonds is 3. The highest BCUT2D eigenvalue weighted by Crippen LogP contribution is 2.33. The third-order valence-corrected chi connectivity index (χ3v) is 5.00. The maximum absolute atomic E-state index is 6.51. The van der Waals surface area contributed by atoms with Crippen LogP contribution in [0.15, 0.2) is 36.7 Å². The predicted octanol–water partition coefficient (Wildman–Crippen LogP) is 3.26. The second kappa shape index (κ2) is 6.67. The first-order valence-electron chi connectivity index (χ1n) is 8.46. The number of hydrogen-bond acceptors (Lipinski definition) is 4. The molecule has 1 aliphatic heterocycles. The first-order chi connectivity index (χ1) is 12.2. The number of imidazole rings is 1. The average Bonchev–Trinajstić information content (AvgIpc) is 3.04. The minimum Gasteiger partial charge on any atom is -0.378 e. The number of halogens is 1. The van der Waals surface area contributed by atoms with Gasteiger partial charge in [0.1, 0.15) is 11.5 Å². The normalized spacial score (nSPS) is 15.1. The first kappa shape index (κ1) is 16.4. The van der Waals surface area contributed by atoms with Crippen molar-refractivity contribution in [1.29, 1.82) is 0 Å². The summed E-state index contributed by atoms with van der Waals surface area (Å²) in [6, 6.07) is 8.17. The van der Waals surface area contributed by atoms with E-state index in [2.05, 4.69) is 38.7 Å². The Morgan fingerprint density at radius 3 is 2.72 bits per heavy atom. The summed E-state index contributed by atoms with van der Waals surface area (Å²) >= 11 is 6.51. The Balaban J connectivity index is 1.87. The summed E-state index contributed by atoms with van der Waals surface area (Å²) in [4.78, 5) is 6.86. The summed E-state index contributed by atoms with van der Waals surface area (Å²) in [6.07, 6.45) is 4.02. The summed E-state index contributed by atoms with van der Waals surface area (Å²) in [5.74, 6) is 1.08. The van der Waals surface area contributed by atoms with Crippen LogP contribution in [0.3, 0.4) is 0 Å². The molecule has 25 heavy (non-hydrogen) atoms. The van der Waals surface area contributed by atoms with E-state index in [4.69, 9.17) is 22.1 Å². The first-order valence-corrected chi connectivity index (χ1v) is 8.84. The minimum absolute atomic E-state index is 0.440. The Morgan fingerprint density at radius 1 is 1.20 bits per heavy atom. The highest BCUT2D eigenvalue weighted by molar-refractivity contribution is 6.33.